The van der Waals surface area contributed by atoms with Crippen molar-refractivity contribution >= 4 is 39.5 Å². The Morgan fingerprint density at radius 3 is 2.69 bits per heavy atom. The van der Waals surface area contributed by atoms with Crippen LogP contribution in [-0.4, -0.2) is 22.8 Å². The van der Waals surface area contributed by atoms with Crippen LogP contribution >= 0.6 is 22.7 Å². The zero-order valence-electron chi connectivity index (χ0n) is 13.9. The van der Waals surface area contributed by atoms with Gasteiger partial charge < -0.3 is 10.6 Å². The summed E-state index contributed by atoms with van der Waals surface area (Å²) in [7, 11) is 0. The number of thiazole rings is 1. The third kappa shape index (κ3) is 4.00. The topological polar surface area (TPSA) is 71.1 Å². The lowest BCUT2D eigenvalue weighted by atomic mass is 10.2. The minimum atomic E-state index is -0.169. The molecule has 1 aromatic carbocycles. The van der Waals surface area contributed by atoms with Crippen molar-refractivity contribution in [2.45, 2.75) is 25.3 Å². The second-order valence-electron chi connectivity index (χ2n) is 6.15. The summed E-state index contributed by atoms with van der Waals surface area (Å²) < 4.78 is 0. The van der Waals surface area contributed by atoms with E-state index in [0.29, 0.717) is 10.6 Å². The lowest BCUT2D eigenvalue weighted by molar-refractivity contribution is -0.115. The van der Waals surface area contributed by atoms with Crippen LogP contribution in [0.4, 0.5) is 5.00 Å². The molecule has 4 rings (SSSR count). The number of carbonyl (C=O) groups is 2. The molecule has 1 aliphatic rings. The maximum Gasteiger partial charge on any atom is 0.254 e. The monoisotopic (exact) mass is 383 g/mol. The van der Waals surface area contributed by atoms with Gasteiger partial charge in [-0.05, 0) is 24.3 Å². The third-order valence-electron chi connectivity index (χ3n) is 3.99. The molecule has 0 unspecified atom stereocenters. The number of nitrogens with one attached hydrogen (secondary N) is 2. The number of nitrogens with zero attached hydrogens (tertiary/aromatic N) is 1. The molecule has 132 valence electrons. The molecule has 3 aromatic rings. The molecular weight excluding hydrogens is 366 g/mol. The fourth-order valence-corrected chi connectivity index (χ4v) is 4.14. The van der Waals surface area contributed by atoms with Gasteiger partial charge in [0.1, 0.15) is 10.0 Å². The van der Waals surface area contributed by atoms with Crippen molar-refractivity contribution < 1.29 is 9.59 Å². The molecule has 1 aliphatic carbocycles. The molecule has 1 fully saturated rings. The SMILES string of the molecule is O=C(Cc1csc(-c2ccccc2)n1)Nc1sccc1C(=O)NC1CC1. The van der Waals surface area contributed by atoms with Crippen LogP contribution in [0.25, 0.3) is 10.6 Å². The fourth-order valence-electron chi connectivity index (χ4n) is 2.51. The maximum absolute atomic E-state index is 12.4. The highest BCUT2D eigenvalue weighted by Gasteiger charge is 2.25. The summed E-state index contributed by atoms with van der Waals surface area (Å²) in [6, 6.07) is 11.9. The first-order valence-corrected chi connectivity index (χ1v) is 10.1. The van der Waals surface area contributed by atoms with Crippen LogP contribution in [0.1, 0.15) is 28.9 Å². The van der Waals surface area contributed by atoms with Crippen LogP contribution in [0.15, 0.2) is 47.2 Å². The van der Waals surface area contributed by atoms with E-state index in [1.54, 1.807) is 6.07 Å². The molecule has 2 N–H and O–H groups in total. The Bertz CT molecular complexity index is 929. The standard InChI is InChI=1S/C19H17N3O2S2/c23-16(10-14-11-26-18(21-14)12-4-2-1-3-5-12)22-19-15(8-9-25-19)17(24)20-13-6-7-13/h1-5,8-9,11,13H,6-7,10H2,(H,20,24)(H,22,23). The molecular formula is C19H17N3O2S2. The van der Waals surface area contributed by atoms with E-state index >= 15 is 0 Å². The van der Waals surface area contributed by atoms with E-state index < -0.39 is 0 Å². The summed E-state index contributed by atoms with van der Waals surface area (Å²) in [4.78, 5) is 29.1. The molecule has 0 atom stereocenters. The van der Waals surface area contributed by atoms with Crippen LogP contribution in [0, 0.1) is 0 Å². The molecule has 2 amide bonds. The molecule has 1 saturated carbocycles. The van der Waals surface area contributed by atoms with Crippen molar-refractivity contribution in [1.82, 2.24) is 10.3 Å². The number of hydrogen-bond acceptors (Lipinski definition) is 5. The molecule has 0 aliphatic heterocycles. The van der Waals surface area contributed by atoms with Gasteiger partial charge in [-0.25, -0.2) is 4.98 Å². The van der Waals surface area contributed by atoms with Crippen LogP contribution in [-0.2, 0) is 11.2 Å². The van der Waals surface area contributed by atoms with Gasteiger partial charge in [-0.2, -0.15) is 0 Å². The zero-order valence-corrected chi connectivity index (χ0v) is 15.5. The van der Waals surface area contributed by atoms with E-state index in [1.165, 1.54) is 22.7 Å². The van der Waals surface area contributed by atoms with Crippen LogP contribution < -0.4 is 10.6 Å². The van der Waals surface area contributed by atoms with E-state index in [0.717, 1.165) is 29.1 Å². The third-order valence-corrected chi connectivity index (χ3v) is 5.76. The quantitative estimate of drug-likeness (QED) is 0.677. The Morgan fingerprint density at radius 2 is 1.92 bits per heavy atom. The van der Waals surface area contributed by atoms with Crippen LogP contribution in [0.5, 0.6) is 0 Å². The number of carbonyl (C=O) groups excluding carboxylic acids is 2. The van der Waals surface area contributed by atoms with E-state index in [1.807, 2.05) is 41.1 Å². The second kappa shape index (κ2) is 7.39. The number of amides is 2. The predicted molar refractivity (Wildman–Crippen MR) is 105 cm³/mol. The van der Waals surface area contributed by atoms with E-state index in [4.69, 9.17) is 0 Å². The van der Waals surface area contributed by atoms with E-state index in [9.17, 15) is 9.59 Å². The Labute approximate surface area is 159 Å². The highest BCUT2D eigenvalue weighted by Crippen LogP contribution is 2.27. The summed E-state index contributed by atoms with van der Waals surface area (Å²) in [5.74, 6) is -0.290. The van der Waals surface area contributed by atoms with Gasteiger partial charge in [-0.3, -0.25) is 9.59 Å². The molecule has 5 nitrogen and oxygen atoms in total. The summed E-state index contributed by atoms with van der Waals surface area (Å²) in [6.45, 7) is 0. The van der Waals surface area contributed by atoms with Gasteiger partial charge in [0.25, 0.3) is 5.91 Å². The first-order valence-electron chi connectivity index (χ1n) is 8.37. The number of aromatic nitrogens is 1. The van der Waals surface area contributed by atoms with Gasteiger partial charge >= 0.3 is 0 Å². The molecule has 7 heteroatoms. The summed E-state index contributed by atoms with van der Waals surface area (Å²) in [6.07, 6.45) is 2.25. The first kappa shape index (κ1) is 16.9. The first-order chi connectivity index (χ1) is 12.7. The molecule has 0 bridgehead atoms. The number of hydrogen-bond donors (Lipinski definition) is 2. The molecule has 0 spiro atoms. The Balaban J connectivity index is 1.40. The Morgan fingerprint density at radius 1 is 1.12 bits per heavy atom. The predicted octanol–water partition coefficient (Wildman–Crippen LogP) is 3.95. The Kier molecular flexibility index (Phi) is 4.81. The van der Waals surface area contributed by atoms with E-state index in [2.05, 4.69) is 15.6 Å². The fraction of sp³-hybridized carbons (Fsp3) is 0.211. The van der Waals surface area contributed by atoms with Gasteiger partial charge in [0, 0.05) is 17.0 Å². The highest BCUT2D eigenvalue weighted by atomic mass is 32.1. The maximum atomic E-state index is 12.4. The van der Waals surface area contributed by atoms with Gasteiger partial charge in [0.2, 0.25) is 5.91 Å². The van der Waals surface area contributed by atoms with Crippen molar-refractivity contribution in [3.63, 3.8) is 0 Å². The van der Waals surface area contributed by atoms with Crippen molar-refractivity contribution in [3.05, 3.63) is 58.4 Å². The Hall–Kier alpha value is -2.51. The van der Waals surface area contributed by atoms with Gasteiger partial charge in [-0.1, -0.05) is 30.3 Å². The molecule has 0 radical (unpaired) electrons. The largest absolute Gasteiger partial charge is 0.349 e. The summed E-state index contributed by atoms with van der Waals surface area (Å²) in [5.41, 5.74) is 2.30. The second-order valence-corrected chi connectivity index (χ2v) is 7.92. The van der Waals surface area contributed by atoms with Crippen molar-refractivity contribution in [1.29, 1.82) is 0 Å². The normalized spacial score (nSPS) is 13.4. The molecule has 0 saturated heterocycles. The van der Waals surface area contributed by atoms with Crippen molar-refractivity contribution in [2.24, 2.45) is 0 Å². The highest BCUT2D eigenvalue weighted by molar-refractivity contribution is 7.14. The summed E-state index contributed by atoms with van der Waals surface area (Å²) in [5, 5.41) is 11.0. The van der Waals surface area contributed by atoms with Crippen molar-refractivity contribution in [2.75, 3.05) is 5.32 Å². The van der Waals surface area contributed by atoms with Gasteiger partial charge in [-0.15, -0.1) is 22.7 Å². The molecule has 26 heavy (non-hydrogen) atoms. The number of thiophene rings is 1. The average molecular weight is 383 g/mol. The average Bonchev–Trinajstić information content (AvgIpc) is 3.14. The molecule has 2 aromatic heterocycles. The summed E-state index contributed by atoms with van der Waals surface area (Å²) >= 11 is 2.88. The molecule has 2 heterocycles. The lowest BCUT2D eigenvalue weighted by Crippen LogP contribution is -2.26. The van der Waals surface area contributed by atoms with Gasteiger partial charge in [0.15, 0.2) is 0 Å². The lowest BCUT2D eigenvalue weighted by Gasteiger charge is -2.06. The smallest absolute Gasteiger partial charge is 0.254 e. The number of rotatable bonds is 6. The van der Waals surface area contributed by atoms with Crippen LogP contribution in [0.2, 0.25) is 0 Å². The van der Waals surface area contributed by atoms with Gasteiger partial charge in [0.05, 0.1) is 17.7 Å². The van der Waals surface area contributed by atoms with Crippen LogP contribution in [0.3, 0.4) is 0 Å². The minimum Gasteiger partial charge on any atom is -0.349 e. The zero-order chi connectivity index (χ0) is 17.9. The number of anilines is 1. The minimum absolute atomic E-state index is 0.121. The van der Waals surface area contributed by atoms with E-state index in [-0.39, 0.29) is 24.3 Å². The van der Waals surface area contributed by atoms with Crippen molar-refractivity contribution in [3.8, 4) is 10.6 Å². The number of benzene rings is 1.